The van der Waals surface area contributed by atoms with Gasteiger partial charge in [-0.1, -0.05) is 23.7 Å². The number of carbonyl (C=O) groups is 1. The van der Waals surface area contributed by atoms with E-state index in [2.05, 4.69) is 16.3 Å². The molecule has 0 bridgehead atoms. The molecule has 0 aliphatic carbocycles. The van der Waals surface area contributed by atoms with E-state index in [0.29, 0.717) is 17.5 Å². The minimum atomic E-state index is 0.219. The number of hydrogen-bond donors (Lipinski definition) is 0. The third-order valence-electron chi connectivity index (χ3n) is 4.84. The molecule has 0 saturated carbocycles. The van der Waals surface area contributed by atoms with Gasteiger partial charge < -0.3 is 4.90 Å². The first-order valence-electron chi connectivity index (χ1n) is 8.00. The minimum Gasteiger partial charge on any atom is -0.339 e. The number of rotatable bonds is 3. The summed E-state index contributed by atoms with van der Waals surface area (Å²) in [4.78, 5) is 18.4. The lowest BCUT2D eigenvalue weighted by Gasteiger charge is -2.46. The van der Waals surface area contributed by atoms with Crippen LogP contribution in [0.1, 0.15) is 16.0 Å². The van der Waals surface area contributed by atoms with Gasteiger partial charge >= 0.3 is 0 Å². The molecule has 1 saturated heterocycles. The van der Waals surface area contributed by atoms with Crippen LogP contribution in [0.3, 0.4) is 0 Å². The molecule has 1 amide bonds. The van der Waals surface area contributed by atoms with Crippen LogP contribution in [0.25, 0.3) is 0 Å². The first-order valence-corrected chi connectivity index (χ1v) is 9.26. The standard InChI is InChI=1S/C18H19ClN2OS/c19-15-3-1-13(2-4-15)9-18(22)21-11-16(12-21)20-7-5-17-14(10-20)6-8-23-17/h1-4,6,8,16H,5,7,9-12H2. The van der Waals surface area contributed by atoms with E-state index >= 15 is 0 Å². The van der Waals surface area contributed by atoms with Crippen LogP contribution in [0.4, 0.5) is 0 Å². The number of thiophene rings is 1. The fraction of sp³-hybridized carbons (Fsp3) is 0.389. The van der Waals surface area contributed by atoms with Crippen molar-refractivity contribution in [1.29, 1.82) is 0 Å². The summed E-state index contributed by atoms with van der Waals surface area (Å²) in [6, 6.07) is 10.3. The Kier molecular flexibility index (Phi) is 4.14. The smallest absolute Gasteiger partial charge is 0.227 e. The van der Waals surface area contributed by atoms with Crippen molar-refractivity contribution < 1.29 is 4.79 Å². The Morgan fingerprint density at radius 2 is 2.00 bits per heavy atom. The van der Waals surface area contributed by atoms with E-state index in [1.54, 1.807) is 0 Å². The molecular weight excluding hydrogens is 328 g/mol. The van der Waals surface area contributed by atoms with Crippen molar-refractivity contribution in [3.63, 3.8) is 0 Å². The van der Waals surface area contributed by atoms with Crippen molar-refractivity contribution in [2.75, 3.05) is 19.6 Å². The highest BCUT2D eigenvalue weighted by molar-refractivity contribution is 7.10. The molecule has 0 atom stereocenters. The SMILES string of the molecule is O=C(Cc1ccc(Cl)cc1)N1CC(N2CCc3sccc3C2)C1. The molecule has 0 radical (unpaired) electrons. The quantitative estimate of drug-likeness (QED) is 0.852. The summed E-state index contributed by atoms with van der Waals surface area (Å²) in [5.74, 6) is 0.219. The Morgan fingerprint density at radius 3 is 2.78 bits per heavy atom. The lowest BCUT2D eigenvalue weighted by atomic mass is 10.0. The number of nitrogens with zero attached hydrogens (tertiary/aromatic N) is 2. The van der Waals surface area contributed by atoms with E-state index in [1.807, 2.05) is 40.5 Å². The zero-order valence-electron chi connectivity index (χ0n) is 12.9. The van der Waals surface area contributed by atoms with Gasteiger partial charge in [-0.3, -0.25) is 9.69 Å². The summed E-state index contributed by atoms with van der Waals surface area (Å²) in [6.07, 6.45) is 1.63. The lowest BCUT2D eigenvalue weighted by Crippen LogP contribution is -2.61. The number of likely N-dealkylation sites (tertiary alicyclic amines) is 1. The molecular formula is C18H19ClN2OS. The van der Waals surface area contributed by atoms with Crippen LogP contribution in [0.15, 0.2) is 35.7 Å². The van der Waals surface area contributed by atoms with Crippen LogP contribution in [0, 0.1) is 0 Å². The number of amides is 1. The number of benzene rings is 1. The summed E-state index contributed by atoms with van der Waals surface area (Å²) >= 11 is 7.75. The van der Waals surface area contributed by atoms with E-state index in [9.17, 15) is 4.79 Å². The van der Waals surface area contributed by atoms with E-state index in [4.69, 9.17) is 11.6 Å². The summed E-state index contributed by atoms with van der Waals surface area (Å²) in [6.45, 7) is 3.90. The highest BCUT2D eigenvalue weighted by Crippen LogP contribution is 2.27. The summed E-state index contributed by atoms with van der Waals surface area (Å²) in [5.41, 5.74) is 2.51. The van der Waals surface area contributed by atoms with Crippen LogP contribution < -0.4 is 0 Å². The van der Waals surface area contributed by atoms with Gasteiger partial charge in [-0.15, -0.1) is 11.3 Å². The molecule has 23 heavy (non-hydrogen) atoms. The van der Waals surface area contributed by atoms with E-state index in [-0.39, 0.29) is 5.91 Å². The summed E-state index contributed by atoms with van der Waals surface area (Å²) in [5, 5.41) is 2.90. The van der Waals surface area contributed by atoms with Gasteiger partial charge in [-0.2, -0.15) is 0 Å². The van der Waals surface area contributed by atoms with Crippen molar-refractivity contribution in [2.45, 2.75) is 25.4 Å². The largest absolute Gasteiger partial charge is 0.339 e. The summed E-state index contributed by atoms with van der Waals surface area (Å²) < 4.78 is 0. The Labute approximate surface area is 145 Å². The average molecular weight is 347 g/mol. The first-order chi connectivity index (χ1) is 11.2. The number of hydrogen-bond acceptors (Lipinski definition) is 3. The monoisotopic (exact) mass is 346 g/mol. The van der Waals surface area contributed by atoms with Crippen LogP contribution in [0.5, 0.6) is 0 Å². The highest BCUT2D eigenvalue weighted by atomic mass is 35.5. The van der Waals surface area contributed by atoms with Gasteiger partial charge in [0.15, 0.2) is 0 Å². The maximum Gasteiger partial charge on any atom is 0.227 e. The maximum atomic E-state index is 12.3. The molecule has 3 heterocycles. The zero-order valence-corrected chi connectivity index (χ0v) is 14.4. The average Bonchev–Trinajstić information content (AvgIpc) is 2.96. The molecule has 0 N–H and O–H groups in total. The fourth-order valence-corrected chi connectivity index (χ4v) is 4.38. The number of carbonyl (C=O) groups excluding carboxylic acids is 1. The van der Waals surface area contributed by atoms with E-state index in [0.717, 1.165) is 38.2 Å². The van der Waals surface area contributed by atoms with Crippen LogP contribution in [-0.4, -0.2) is 41.4 Å². The molecule has 0 spiro atoms. The molecule has 1 fully saturated rings. The molecule has 5 heteroatoms. The minimum absolute atomic E-state index is 0.219. The van der Waals surface area contributed by atoms with Crippen LogP contribution in [-0.2, 0) is 24.2 Å². The Balaban J connectivity index is 1.29. The highest BCUT2D eigenvalue weighted by Gasteiger charge is 2.35. The molecule has 120 valence electrons. The van der Waals surface area contributed by atoms with Crippen molar-refractivity contribution >= 4 is 28.8 Å². The van der Waals surface area contributed by atoms with Crippen LogP contribution >= 0.6 is 22.9 Å². The second-order valence-electron chi connectivity index (χ2n) is 6.35. The predicted molar refractivity (Wildman–Crippen MR) is 94.0 cm³/mol. The predicted octanol–water partition coefficient (Wildman–Crippen LogP) is 3.21. The van der Waals surface area contributed by atoms with Crippen molar-refractivity contribution in [1.82, 2.24) is 9.80 Å². The molecule has 3 nitrogen and oxygen atoms in total. The van der Waals surface area contributed by atoms with Gasteiger partial charge in [-0.05, 0) is 41.1 Å². The van der Waals surface area contributed by atoms with Gasteiger partial charge in [0.05, 0.1) is 6.42 Å². The third-order valence-corrected chi connectivity index (χ3v) is 6.11. The fourth-order valence-electron chi connectivity index (χ4n) is 3.36. The third kappa shape index (κ3) is 3.16. The molecule has 1 aromatic carbocycles. The maximum absolute atomic E-state index is 12.3. The van der Waals surface area contributed by atoms with Gasteiger partial charge in [0.2, 0.25) is 5.91 Å². The Bertz CT molecular complexity index is 706. The Hall–Kier alpha value is -1.36. The second-order valence-corrected chi connectivity index (χ2v) is 7.78. The van der Waals surface area contributed by atoms with Gasteiger partial charge in [0, 0.05) is 42.1 Å². The van der Waals surface area contributed by atoms with Gasteiger partial charge in [-0.25, -0.2) is 0 Å². The van der Waals surface area contributed by atoms with Crippen LogP contribution in [0.2, 0.25) is 5.02 Å². The van der Waals surface area contributed by atoms with Crippen molar-refractivity contribution in [3.05, 3.63) is 56.7 Å². The summed E-state index contributed by atoms with van der Waals surface area (Å²) in [7, 11) is 0. The van der Waals surface area contributed by atoms with E-state index in [1.165, 1.54) is 10.4 Å². The normalized spacial score (nSPS) is 18.6. The van der Waals surface area contributed by atoms with E-state index < -0.39 is 0 Å². The lowest BCUT2D eigenvalue weighted by molar-refractivity contribution is -0.138. The Morgan fingerprint density at radius 1 is 1.22 bits per heavy atom. The van der Waals surface area contributed by atoms with Gasteiger partial charge in [0.25, 0.3) is 0 Å². The van der Waals surface area contributed by atoms with Gasteiger partial charge in [0.1, 0.15) is 0 Å². The molecule has 1 aromatic heterocycles. The number of halogens is 1. The topological polar surface area (TPSA) is 23.6 Å². The van der Waals surface area contributed by atoms with Crippen molar-refractivity contribution in [3.8, 4) is 0 Å². The second kappa shape index (κ2) is 6.27. The number of fused-ring (bicyclic) bond motifs is 1. The molecule has 2 aliphatic rings. The van der Waals surface area contributed by atoms with Crippen molar-refractivity contribution in [2.24, 2.45) is 0 Å². The molecule has 2 aliphatic heterocycles. The molecule has 4 rings (SSSR count). The first kappa shape index (κ1) is 15.2. The molecule has 0 unspecified atom stereocenters. The molecule has 2 aromatic rings. The zero-order chi connectivity index (χ0) is 15.8.